The Morgan fingerprint density at radius 2 is 2.21 bits per heavy atom. The van der Waals surface area contributed by atoms with E-state index in [0.29, 0.717) is 12.2 Å². The Labute approximate surface area is 80.5 Å². The van der Waals surface area contributed by atoms with Gasteiger partial charge in [0, 0.05) is 12.2 Å². The van der Waals surface area contributed by atoms with Crippen molar-refractivity contribution in [2.75, 3.05) is 5.73 Å². The molecule has 6 heteroatoms. The van der Waals surface area contributed by atoms with Crippen molar-refractivity contribution in [3.63, 3.8) is 0 Å². The van der Waals surface area contributed by atoms with E-state index in [0.717, 1.165) is 11.3 Å². The van der Waals surface area contributed by atoms with Gasteiger partial charge in [-0.2, -0.15) is 0 Å². The third kappa shape index (κ3) is 1.42. The number of nitrogen functional groups attached to an aromatic ring is 1. The standard InChI is InChI=1S/C8H10N6/c9-4-6-3-7(1-2-8(6)10)14-12-5-11-13-14/h1-3,5H,4,9-10H2. The number of hydrogen-bond acceptors (Lipinski definition) is 5. The van der Waals surface area contributed by atoms with E-state index in [1.165, 1.54) is 11.1 Å². The second kappa shape index (κ2) is 3.43. The summed E-state index contributed by atoms with van der Waals surface area (Å²) in [5, 5.41) is 11.3. The van der Waals surface area contributed by atoms with Crippen LogP contribution in [-0.4, -0.2) is 20.2 Å². The lowest BCUT2D eigenvalue weighted by molar-refractivity contribution is 0.718. The summed E-state index contributed by atoms with van der Waals surface area (Å²) < 4.78 is 0. The number of aromatic nitrogens is 4. The smallest absolute Gasteiger partial charge is 0.162 e. The first kappa shape index (κ1) is 8.64. The van der Waals surface area contributed by atoms with Gasteiger partial charge < -0.3 is 11.5 Å². The van der Waals surface area contributed by atoms with E-state index in [4.69, 9.17) is 11.5 Å². The molecular weight excluding hydrogens is 180 g/mol. The van der Waals surface area contributed by atoms with Crippen LogP contribution in [0.3, 0.4) is 0 Å². The molecule has 4 N–H and O–H groups in total. The molecule has 0 saturated heterocycles. The number of tetrazole rings is 1. The zero-order valence-corrected chi connectivity index (χ0v) is 7.46. The highest BCUT2D eigenvalue weighted by Gasteiger charge is 2.02. The van der Waals surface area contributed by atoms with Gasteiger partial charge in [-0.1, -0.05) is 0 Å². The molecule has 0 unspecified atom stereocenters. The lowest BCUT2D eigenvalue weighted by Crippen LogP contribution is -2.05. The number of nitrogens with two attached hydrogens (primary N) is 2. The molecule has 0 amide bonds. The maximum Gasteiger partial charge on any atom is 0.162 e. The molecule has 0 bridgehead atoms. The third-order valence-corrected chi connectivity index (χ3v) is 1.93. The number of benzene rings is 1. The summed E-state index contributed by atoms with van der Waals surface area (Å²) in [6.45, 7) is 0.397. The van der Waals surface area contributed by atoms with Crippen LogP contribution in [0, 0.1) is 0 Å². The zero-order valence-electron chi connectivity index (χ0n) is 7.46. The first-order valence-corrected chi connectivity index (χ1v) is 4.13. The Morgan fingerprint density at radius 3 is 2.86 bits per heavy atom. The van der Waals surface area contributed by atoms with Gasteiger partial charge >= 0.3 is 0 Å². The average molecular weight is 190 g/mol. The maximum absolute atomic E-state index is 5.71. The van der Waals surface area contributed by atoms with Gasteiger partial charge in [0.15, 0.2) is 6.33 Å². The van der Waals surface area contributed by atoms with Crippen molar-refractivity contribution in [1.29, 1.82) is 0 Å². The molecular formula is C8H10N6. The molecule has 2 aromatic rings. The molecule has 6 nitrogen and oxygen atoms in total. The minimum atomic E-state index is 0.397. The lowest BCUT2D eigenvalue weighted by atomic mass is 10.1. The monoisotopic (exact) mass is 190 g/mol. The van der Waals surface area contributed by atoms with Crippen LogP contribution >= 0.6 is 0 Å². The van der Waals surface area contributed by atoms with Crippen LogP contribution in [0.1, 0.15) is 5.56 Å². The number of anilines is 1. The maximum atomic E-state index is 5.71. The minimum absolute atomic E-state index is 0.397. The average Bonchev–Trinajstić information content (AvgIpc) is 2.71. The summed E-state index contributed by atoms with van der Waals surface area (Å²) in [6.07, 6.45) is 1.37. The molecule has 72 valence electrons. The molecule has 0 saturated carbocycles. The quantitative estimate of drug-likeness (QED) is 0.634. The molecule has 1 heterocycles. The third-order valence-electron chi connectivity index (χ3n) is 1.93. The molecule has 0 radical (unpaired) electrons. The summed E-state index contributed by atoms with van der Waals surface area (Å²) in [7, 11) is 0. The molecule has 14 heavy (non-hydrogen) atoms. The van der Waals surface area contributed by atoms with Gasteiger partial charge in [0.1, 0.15) is 0 Å². The van der Waals surface area contributed by atoms with E-state index < -0.39 is 0 Å². The highest BCUT2D eigenvalue weighted by atomic mass is 15.6. The van der Waals surface area contributed by atoms with Crippen molar-refractivity contribution in [3.8, 4) is 5.69 Å². The number of hydrogen-bond donors (Lipinski definition) is 2. The van der Waals surface area contributed by atoms with Gasteiger partial charge in [0.25, 0.3) is 0 Å². The summed E-state index contributed by atoms with van der Waals surface area (Å²) in [6, 6.07) is 5.44. The van der Waals surface area contributed by atoms with E-state index in [1.807, 2.05) is 12.1 Å². The van der Waals surface area contributed by atoms with Crippen molar-refractivity contribution < 1.29 is 0 Å². The predicted octanol–water partition coefficient (Wildman–Crippen LogP) is -0.297. The molecule has 0 aliphatic heterocycles. The Morgan fingerprint density at radius 1 is 1.36 bits per heavy atom. The van der Waals surface area contributed by atoms with E-state index in [2.05, 4.69) is 15.4 Å². The Kier molecular flexibility index (Phi) is 2.11. The van der Waals surface area contributed by atoms with Crippen LogP contribution in [0.5, 0.6) is 0 Å². The fraction of sp³-hybridized carbons (Fsp3) is 0.125. The van der Waals surface area contributed by atoms with Gasteiger partial charge in [0.2, 0.25) is 0 Å². The van der Waals surface area contributed by atoms with Crippen LogP contribution in [0.25, 0.3) is 5.69 Å². The van der Waals surface area contributed by atoms with Crippen molar-refractivity contribution in [2.24, 2.45) is 5.73 Å². The van der Waals surface area contributed by atoms with Gasteiger partial charge in [-0.05, 0) is 29.0 Å². The molecule has 0 aliphatic rings. The Hall–Kier alpha value is -1.95. The SMILES string of the molecule is NCc1cc(-n2ncnn2)ccc1N. The fourth-order valence-corrected chi connectivity index (χ4v) is 1.18. The van der Waals surface area contributed by atoms with Crippen molar-refractivity contribution in [3.05, 3.63) is 30.1 Å². The number of rotatable bonds is 2. The summed E-state index contributed by atoms with van der Waals surface area (Å²) in [5.74, 6) is 0. The Balaban J connectivity index is 2.46. The fourth-order valence-electron chi connectivity index (χ4n) is 1.18. The van der Waals surface area contributed by atoms with Crippen LogP contribution in [0.4, 0.5) is 5.69 Å². The van der Waals surface area contributed by atoms with E-state index in [1.54, 1.807) is 6.07 Å². The minimum Gasteiger partial charge on any atom is -0.398 e. The largest absolute Gasteiger partial charge is 0.398 e. The highest BCUT2D eigenvalue weighted by Crippen LogP contribution is 2.14. The molecule has 1 aromatic heterocycles. The van der Waals surface area contributed by atoms with Crippen molar-refractivity contribution in [2.45, 2.75) is 6.54 Å². The number of nitrogens with zero attached hydrogens (tertiary/aromatic N) is 4. The molecule has 0 fully saturated rings. The summed E-state index contributed by atoms with van der Waals surface area (Å²) >= 11 is 0. The van der Waals surface area contributed by atoms with Crippen LogP contribution < -0.4 is 11.5 Å². The molecule has 0 atom stereocenters. The predicted molar refractivity (Wildman–Crippen MR) is 51.5 cm³/mol. The Bertz CT molecular complexity index is 421. The summed E-state index contributed by atoms with van der Waals surface area (Å²) in [4.78, 5) is 1.42. The van der Waals surface area contributed by atoms with Crippen LogP contribution in [0.2, 0.25) is 0 Å². The van der Waals surface area contributed by atoms with Crippen LogP contribution in [0.15, 0.2) is 24.5 Å². The van der Waals surface area contributed by atoms with Crippen molar-refractivity contribution in [1.82, 2.24) is 20.2 Å². The normalized spacial score (nSPS) is 10.4. The lowest BCUT2D eigenvalue weighted by Gasteiger charge is -2.04. The van der Waals surface area contributed by atoms with E-state index in [9.17, 15) is 0 Å². The van der Waals surface area contributed by atoms with Gasteiger partial charge in [-0.15, -0.1) is 15.0 Å². The first-order valence-electron chi connectivity index (χ1n) is 4.13. The van der Waals surface area contributed by atoms with Gasteiger partial charge in [-0.25, -0.2) is 0 Å². The van der Waals surface area contributed by atoms with E-state index in [-0.39, 0.29) is 0 Å². The zero-order chi connectivity index (χ0) is 9.97. The molecule has 0 aliphatic carbocycles. The van der Waals surface area contributed by atoms with Crippen molar-refractivity contribution >= 4 is 5.69 Å². The second-order valence-corrected chi connectivity index (χ2v) is 2.81. The van der Waals surface area contributed by atoms with E-state index >= 15 is 0 Å². The molecule has 0 spiro atoms. The first-order chi connectivity index (χ1) is 6.81. The second-order valence-electron chi connectivity index (χ2n) is 2.81. The van der Waals surface area contributed by atoms with Crippen LogP contribution in [-0.2, 0) is 6.54 Å². The van der Waals surface area contributed by atoms with Gasteiger partial charge in [-0.3, -0.25) is 0 Å². The molecule has 2 rings (SSSR count). The summed E-state index contributed by atoms with van der Waals surface area (Å²) in [5.41, 5.74) is 13.6. The topological polar surface area (TPSA) is 95.6 Å². The molecule has 1 aromatic carbocycles. The van der Waals surface area contributed by atoms with Gasteiger partial charge in [0.05, 0.1) is 5.69 Å². The highest BCUT2D eigenvalue weighted by molar-refractivity contribution is 5.52.